The van der Waals surface area contributed by atoms with E-state index in [0.29, 0.717) is 10.0 Å². The molecule has 1 aromatic heterocycles. The highest BCUT2D eigenvalue weighted by Crippen LogP contribution is 2.40. The largest absolute Gasteiger partial charge is 0.205 e. The average Bonchev–Trinajstić information content (AvgIpc) is 2.85. The highest BCUT2D eigenvalue weighted by Gasteiger charge is 2.19. The van der Waals surface area contributed by atoms with E-state index in [9.17, 15) is 4.39 Å². The zero-order valence-electron chi connectivity index (χ0n) is 9.74. The molecule has 3 aromatic rings. The smallest absolute Gasteiger partial charge is 0.142 e. The monoisotopic (exact) mass is 398 g/mol. The van der Waals surface area contributed by atoms with Gasteiger partial charge in [0.25, 0.3) is 0 Å². The molecule has 1 unspecified atom stereocenters. The topological polar surface area (TPSA) is 0 Å². The van der Waals surface area contributed by atoms with Crippen LogP contribution in [0, 0.1) is 5.82 Å². The van der Waals surface area contributed by atoms with Crippen LogP contribution in [0.1, 0.15) is 16.0 Å². The van der Waals surface area contributed by atoms with Gasteiger partial charge in [0, 0.05) is 10.3 Å². The fraction of sp³-hybridized carbons (Fsp3) is 0.0667. The van der Waals surface area contributed by atoms with Gasteiger partial charge in [0.05, 0.1) is 9.30 Å². The number of alkyl halides is 1. The maximum atomic E-state index is 14.2. The molecule has 0 aliphatic carbocycles. The Kier molecular flexibility index (Phi) is 3.74. The number of fused-ring (bicyclic) bond motifs is 1. The Morgan fingerprint density at radius 1 is 1.00 bits per heavy atom. The molecule has 19 heavy (non-hydrogen) atoms. The minimum atomic E-state index is -0.209. The third-order valence-electron chi connectivity index (χ3n) is 3.04. The van der Waals surface area contributed by atoms with E-state index in [1.54, 1.807) is 17.4 Å². The van der Waals surface area contributed by atoms with Gasteiger partial charge in [-0.3, -0.25) is 0 Å². The van der Waals surface area contributed by atoms with Crippen LogP contribution in [0.5, 0.6) is 0 Å². The molecule has 0 aliphatic rings. The standard InChI is InChI=1S/C15H9Br2FS/c16-12-6-3-5-10(15(12)18)14(17)11-8-19-13-7-2-1-4-9(11)13/h1-8,14H. The van der Waals surface area contributed by atoms with Crippen LogP contribution >= 0.6 is 43.2 Å². The van der Waals surface area contributed by atoms with Crippen LogP contribution in [0.2, 0.25) is 0 Å². The molecular weight excluding hydrogens is 391 g/mol. The molecule has 1 atom stereocenters. The van der Waals surface area contributed by atoms with Crippen molar-refractivity contribution >= 4 is 53.3 Å². The molecule has 0 N–H and O–H groups in total. The van der Waals surface area contributed by atoms with Crippen molar-refractivity contribution in [2.75, 3.05) is 0 Å². The average molecular weight is 400 g/mol. The fourth-order valence-electron chi connectivity index (χ4n) is 2.08. The van der Waals surface area contributed by atoms with Gasteiger partial charge in [0.2, 0.25) is 0 Å². The molecule has 96 valence electrons. The summed E-state index contributed by atoms with van der Waals surface area (Å²) in [6, 6.07) is 13.6. The maximum absolute atomic E-state index is 14.2. The van der Waals surface area contributed by atoms with Gasteiger partial charge in [-0.15, -0.1) is 11.3 Å². The van der Waals surface area contributed by atoms with Gasteiger partial charge in [-0.05, 0) is 44.4 Å². The summed E-state index contributed by atoms with van der Waals surface area (Å²) in [6.07, 6.45) is 0. The van der Waals surface area contributed by atoms with Crippen molar-refractivity contribution in [3.8, 4) is 0 Å². The SMILES string of the molecule is Fc1c(Br)cccc1C(Br)c1csc2ccccc12. The van der Waals surface area contributed by atoms with Crippen LogP contribution in [0.3, 0.4) is 0 Å². The molecule has 0 nitrogen and oxygen atoms in total. The first-order valence-electron chi connectivity index (χ1n) is 5.72. The first kappa shape index (κ1) is 13.3. The second-order valence-electron chi connectivity index (χ2n) is 4.19. The lowest BCUT2D eigenvalue weighted by molar-refractivity contribution is 0.607. The van der Waals surface area contributed by atoms with Crippen LogP contribution in [0.4, 0.5) is 4.39 Å². The predicted octanol–water partition coefficient (Wildman–Crippen LogP) is 6.29. The van der Waals surface area contributed by atoms with E-state index in [2.05, 4.69) is 49.4 Å². The molecule has 0 spiro atoms. The number of rotatable bonds is 2. The van der Waals surface area contributed by atoms with E-state index in [1.165, 1.54) is 10.1 Å². The van der Waals surface area contributed by atoms with Crippen molar-refractivity contribution in [2.45, 2.75) is 4.83 Å². The Bertz CT molecular complexity index is 736. The summed E-state index contributed by atoms with van der Waals surface area (Å²) >= 11 is 8.54. The minimum absolute atomic E-state index is 0.138. The molecule has 4 heteroatoms. The summed E-state index contributed by atoms with van der Waals surface area (Å²) in [6.45, 7) is 0. The van der Waals surface area contributed by atoms with Crippen molar-refractivity contribution in [1.82, 2.24) is 0 Å². The van der Waals surface area contributed by atoms with E-state index in [0.717, 1.165) is 5.56 Å². The summed E-state index contributed by atoms with van der Waals surface area (Å²) in [5, 5.41) is 3.26. The van der Waals surface area contributed by atoms with Crippen molar-refractivity contribution in [1.29, 1.82) is 0 Å². The second kappa shape index (κ2) is 5.35. The highest BCUT2D eigenvalue weighted by atomic mass is 79.9. The third kappa shape index (κ3) is 2.37. The minimum Gasteiger partial charge on any atom is -0.205 e. The van der Waals surface area contributed by atoms with Gasteiger partial charge < -0.3 is 0 Å². The Labute approximate surface area is 131 Å². The molecule has 1 heterocycles. The number of halogens is 3. The molecule has 0 radical (unpaired) electrons. The summed E-state index contributed by atoms with van der Waals surface area (Å²) in [4.78, 5) is -0.138. The molecule has 0 fully saturated rings. The lowest BCUT2D eigenvalue weighted by Crippen LogP contribution is -1.96. The van der Waals surface area contributed by atoms with Gasteiger partial charge in [-0.2, -0.15) is 0 Å². The number of thiophene rings is 1. The Morgan fingerprint density at radius 2 is 1.79 bits per heavy atom. The predicted molar refractivity (Wildman–Crippen MR) is 86.7 cm³/mol. The van der Waals surface area contributed by atoms with Crippen molar-refractivity contribution in [3.05, 3.63) is 69.3 Å². The van der Waals surface area contributed by atoms with E-state index in [4.69, 9.17) is 0 Å². The van der Waals surface area contributed by atoms with Crippen molar-refractivity contribution < 1.29 is 4.39 Å². The molecule has 0 aliphatic heterocycles. The van der Waals surface area contributed by atoms with E-state index < -0.39 is 0 Å². The van der Waals surface area contributed by atoms with Crippen LogP contribution < -0.4 is 0 Å². The van der Waals surface area contributed by atoms with Crippen molar-refractivity contribution in [2.24, 2.45) is 0 Å². The molecular formula is C15H9Br2FS. The quantitative estimate of drug-likeness (QED) is 0.444. The fourth-order valence-corrected chi connectivity index (χ4v) is 4.35. The summed E-state index contributed by atoms with van der Waals surface area (Å²) < 4.78 is 15.9. The zero-order valence-corrected chi connectivity index (χ0v) is 13.7. The molecule has 0 amide bonds. The summed E-state index contributed by atoms with van der Waals surface area (Å²) in [5.41, 5.74) is 1.76. The van der Waals surface area contributed by atoms with E-state index in [1.807, 2.05) is 24.3 Å². The van der Waals surface area contributed by atoms with Gasteiger partial charge in [0.15, 0.2) is 0 Å². The lowest BCUT2D eigenvalue weighted by Gasteiger charge is -2.11. The van der Waals surface area contributed by atoms with Crippen LogP contribution in [-0.4, -0.2) is 0 Å². The first-order valence-corrected chi connectivity index (χ1v) is 8.31. The number of hydrogen-bond acceptors (Lipinski definition) is 1. The van der Waals surface area contributed by atoms with Crippen LogP contribution in [-0.2, 0) is 0 Å². The summed E-state index contributed by atoms with van der Waals surface area (Å²) in [7, 11) is 0. The van der Waals surface area contributed by atoms with Gasteiger partial charge in [0.1, 0.15) is 5.82 Å². The van der Waals surface area contributed by atoms with E-state index >= 15 is 0 Å². The van der Waals surface area contributed by atoms with Crippen LogP contribution in [0.25, 0.3) is 10.1 Å². The summed E-state index contributed by atoms with van der Waals surface area (Å²) in [5.74, 6) is -0.209. The normalized spacial score (nSPS) is 12.8. The lowest BCUT2D eigenvalue weighted by atomic mass is 10.0. The van der Waals surface area contributed by atoms with Crippen molar-refractivity contribution in [3.63, 3.8) is 0 Å². The molecule has 3 rings (SSSR count). The third-order valence-corrected chi connectivity index (χ3v) is 5.62. The number of benzene rings is 2. The molecule has 2 aromatic carbocycles. The Morgan fingerprint density at radius 3 is 2.63 bits per heavy atom. The van der Waals surface area contributed by atoms with E-state index in [-0.39, 0.29) is 10.6 Å². The Hall–Kier alpha value is -0.710. The zero-order chi connectivity index (χ0) is 13.4. The molecule has 0 bridgehead atoms. The van der Waals surface area contributed by atoms with Gasteiger partial charge in [-0.25, -0.2) is 4.39 Å². The number of hydrogen-bond donors (Lipinski definition) is 0. The second-order valence-corrected chi connectivity index (χ2v) is 6.87. The highest BCUT2D eigenvalue weighted by molar-refractivity contribution is 9.10. The molecule has 0 saturated heterocycles. The Balaban J connectivity index is 2.13. The maximum Gasteiger partial charge on any atom is 0.142 e. The molecule has 0 saturated carbocycles. The van der Waals surface area contributed by atoms with Crippen LogP contribution in [0.15, 0.2) is 52.3 Å². The van der Waals surface area contributed by atoms with Gasteiger partial charge >= 0.3 is 0 Å². The van der Waals surface area contributed by atoms with Gasteiger partial charge in [-0.1, -0.05) is 46.3 Å². The first-order chi connectivity index (χ1) is 9.18.